The monoisotopic (exact) mass is 496 g/mol. The maximum Gasteiger partial charge on any atom is 0.262 e. The van der Waals surface area contributed by atoms with Crippen molar-refractivity contribution in [2.45, 2.75) is 32.8 Å². The third-order valence-electron chi connectivity index (χ3n) is 6.33. The summed E-state index contributed by atoms with van der Waals surface area (Å²) in [7, 11) is 0. The Morgan fingerprint density at radius 2 is 1.86 bits per heavy atom. The summed E-state index contributed by atoms with van der Waals surface area (Å²) in [6.07, 6.45) is 3.46. The van der Waals surface area contributed by atoms with E-state index < -0.39 is 0 Å². The fourth-order valence-electron chi connectivity index (χ4n) is 4.54. The molecule has 4 aromatic rings. The van der Waals surface area contributed by atoms with Crippen LogP contribution in [-0.2, 0) is 9.53 Å². The highest BCUT2D eigenvalue weighted by Gasteiger charge is 2.19. The maximum absolute atomic E-state index is 11.6. The summed E-state index contributed by atoms with van der Waals surface area (Å²) < 4.78 is 17.1. The fraction of sp³-hybridized carbons (Fsp3) is 0.276. The molecule has 1 fully saturated rings. The van der Waals surface area contributed by atoms with Crippen molar-refractivity contribution in [1.82, 2.24) is 9.97 Å². The number of fused-ring (bicyclic) bond motifs is 2. The highest BCUT2D eigenvalue weighted by atomic mass is 16.5. The Kier molecular flexibility index (Phi) is 7.06. The number of nitrogens with zero attached hydrogens (tertiary/aromatic N) is 2. The van der Waals surface area contributed by atoms with Gasteiger partial charge in [-0.05, 0) is 47.5 Å². The number of benzene rings is 2. The Hall–Kier alpha value is -4.35. The average molecular weight is 497 g/mol. The molecule has 188 valence electrons. The van der Waals surface area contributed by atoms with Gasteiger partial charge in [0, 0.05) is 35.7 Å². The molecule has 0 spiro atoms. The number of pyridine rings is 1. The Balaban J connectivity index is 0.00000137. The SMILES string of the molecule is CC.N#Cc1cc(-c2ccnc3[nH]c(-c4ccc5c(c4)OCC(=O)N5)cc23)ccc1OC1CCOCC1. The van der Waals surface area contributed by atoms with Gasteiger partial charge < -0.3 is 24.5 Å². The van der Waals surface area contributed by atoms with E-state index in [1.807, 2.05) is 62.4 Å². The van der Waals surface area contributed by atoms with E-state index in [0.717, 1.165) is 46.3 Å². The highest BCUT2D eigenvalue weighted by Crippen LogP contribution is 2.36. The van der Waals surface area contributed by atoms with E-state index >= 15 is 0 Å². The van der Waals surface area contributed by atoms with Gasteiger partial charge in [0.1, 0.15) is 29.3 Å². The Labute approximate surface area is 215 Å². The van der Waals surface area contributed by atoms with E-state index in [9.17, 15) is 10.1 Å². The number of nitrogens with one attached hydrogen (secondary N) is 2. The van der Waals surface area contributed by atoms with Crippen molar-refractivity contribution in [3.8, 4) is 40.0 Å². The number of aromatic amines is 1. The molecule has 0 saturated carbocycles. The molecule has 6 rings (SSSR count). The van der Waals surface area contributed by atoms with Gasteiger partial charge in [-0.2, -0.15) is 5.26 Å². The summed E-state index contributed by atoms with van der Waals surface area (Å²) in [5, 5.41) is 13.5. The van der Waals surface area contributed by atoms with Crippen LogP contribution in [0.25, 0.3) is 33.4 Å². The van der Waals surface area contributed by atoms with E-state index in [0.29, 0.717) is 36.0 Å². The maximum atomic E-state index is 11.6. The lowest BCUT2D eigenvalue weighted by molar-refractivity contribution is -0.118. The molecular weight excluding hydrogens is 468 g/mol. The van der Waals surface area contributed by atoms with Gasteiger partial charge in [0.2, 0.25) is 0 Å². The van der Waals surface area contributed by atoms with E-state index in [1.54, 1.807) is 6.20 Å². The Morgan fingerprint density at radius 1 is 1.05 bits per heavy atom. The molecule has 4 heterocycles. The second-order valence-electron chi connectivity index (χ2n) is 8.60. The number of H-pyrrole nitrogens is 1. The number of anilines is 1. The van der Waals surface area contributed by atoms with E-state index in [2.05, 4.69) is 21.4 Å². The van der Waals surface area contributed by atoms with Gasteiger partial charge in [-0.25, -0.2) is 4.98 Å². The minimum atomic E-state index is -0.161. The number of carbonyl (C=O) groups is 1. The van der Waals surface area contributed by atoms with E-state index in [4.69, 9.17) is 14.2 Å². The van der Waals surface area contributed by atoms with Crippen LogP contribution in [0.3, 0.4) is 0 Å². The Morgan fingerprint density at radius 3 is 2.68 bits per heavy atom. The number of amides is 1. The second-order valence-corrected chi connectivity index (χ2v) is 8.60. The van der Waals surface area contributed by atoms with Crippen molar-refractivity contribution >= 4 is 22.6 Å². The van der Waals surface area contributed by atoms with Crippen LogP contribution in [0, 0.1) is 11.3 Å². The van der Waals surface area contributed by atoms with Gasteiger partial charge in [-0.15, -0.1) is 0 Å². The van der Waals surface area contributed by atoms with Gasteiger partial charge >= 0.3 is 0 Å². The largest absolute Gasteiger partial charge is 0.489 e. The standard InChI is InChI=1S/C27H22N4O4.C2H6/c28-14-18-11-16(2-4-24(18)35-19-6-9-33-10-7-19)20-5-8-29-27-21(20)13-23(31-27)17-1-3-22-25(12-17)34-15-26(32)30-22;1-2/h1-5,8,11-13,19H,6-7,9-10,15H2,(H,29,31)(H,30,32);1-2H3. The zero-order valence-corrected chi connectivity index (χ0v) is 20.8. The molecule has 37 heavy (non-hydrogen) atoms. The first-order chi connectivity index (χ1) is 18.2. The molecule has 0 atom stereocenters. The van der Waals surface area contributed by atoms with Crippen LogP contribution in [0.1, 0.15) is 32.3 Å². The van der Waals surface area contributed by atoms with Gasteiger partial charge in [0.15, 0.2) is 6.61 Å². The highest BCUT2D eigenvalue weighted by molar-refractivity contribution is 5.98. The third kappa shape index (κ3) is 4.99. The minimum absolute atomic E-state index is 0.00428. The summed E-state index contributed by atoms with van der Waals surface area (Å²) in [5.74, 6) is 1.07. The number of nitriles is 1. The first-order valence-electron chi connectivity index (χ1n) is 12.5. The zero-order chi connectivity index (χ0) is 25.8. The summed E-state index contributed by atoms with van der Waals surface area (Å²) in [4.78, 5) is 19.4. The molecule has 0 bridgehead atoms. The molecule has 2 N–H and O–H groups in total. The molecule has 8 nitrogen and oxygen atoms in total. The first-order valence-corrected chi connectivity index (χ1v) is 12.5. The number of carbonyl (C=O) groups excluding carboxylic acids is 1. The molecule has 8 heteroatoms. The third-order valence-corrected chi connectivity index (χ3v) is 6.33. The van der Waals surface area contributed by atoms with Crippen molar-refractivity contribution in [2.24, 2.45) is 0 Å². The van der Waals surface area contributed by atoms with Crippen LogP contribution >= 0.6 is 0 Å². The summed E-state index contributed by atoms with van der Waals surface area (Å²) in [6, 6.07) is 17.6. The number of hydrogen-bond donors (Lipinski definition) is 2. The number of ether oxygens (including phenoxy) is 3. The van der Waals surface area contributed by atoms with Gasteiger partial charge in [0.05, 0.1) is 24.5 Å². The predicted octanol–water partition coefficient (Wildman–Crippen LogP) is 5.68. The molecule has 0 radical (unpaired) electrons. The molecule has 0 aliphatic carbocycles. The number of aromatic nitrogens is 2. The molecule has 0 unspecified atom stereocenters. The molecule has 1 saturated heterocycles. The van der Waals surface area contributed by atoms with Crippen molar-refractivity contribution in [3.63, 3.8) is 0 Å². The first kappa shape index (κ1) is 24.3. The van der Waals surface area contributed by atoms with Crippen molar-refractivity contribution in [3.05, 3.63) is 60.3 Å². The van der Waals surface area contributed by atoms with Gasteiger partial charge in [-0.1, -0.05) is 26.0 Å². The van der Waals surface area contributed by atoms with Crippen LogP contribution in [-0.4, -0.2) is 41.8 Å². The van der Waals surface area contributed by atoms with Crippen LogP contribution in [0.2, 0.25) is 0 Å². The van der Waals surface area contributed by atoms with Crippen LogP contribution in [0.15, 0.2) is 54.7 Å². The normalized spacial score (nSPS) is 15.0. The van der Waals surface area contributed by atoms with E-state index in [-0.39, 0.29) is 18.6 Å². The summed E-state index contributed by atoms with van der Waals surface area (Å²) >= 11 is 0. The average Bonchev–Trinajstić information content (AvgIpc) is 3.39. The number of rotatable bonds is 4. The van der Waals surface area contributed by atoms with Crippen molar-refractivity contribution < 1.29 is 19.0 Å². The fourth-order valence-corrected chi connectivity index (χ4v) is 4.54. The molecule has 2 aromatic carbocycles. The summed E-state index contributed by atoms with van der Waals surface area (Å²) in [6.45, 7) is 5.37. The summed E-state index contributed by atoms with van der Waals surface area (Å²) in [5.41, 5.74) is 5.58. The minimum Gasteiger partial charge on any atom is -0.489 e. The lowest BCUT2D eigenvalue weighted by atomic mass is 10.0. The zero-order valence-electron chi connectivity index (χ0n) is 20.8. The molecule has 2 aromatic heterocycles. The van der Waals surface area contributed by atoms with Crippen LogP contribution in [0.5, 0.6) is 11.5 Å². The lowest BCUT2D eigenvalue weighted by Gasteiger charge is -2.23. The Bertz CT molecular complexity index is 1480. The van der Waals surface area contributed by atoms with Crippen LogP contribution in [0.4, 0.5) is 5.69 Å². The molecule has 1 amide bonds. The van der Waals surface area contributed by atoms with Gasteiger partial charge in [0.25, 0.3) is 5.91 Å². The molecule has 2 aliphatic heterocycles. The molecular formula is C29H28N4O4. The van der Waals surface area contributed by atoms with Crippen molar-refractivity contribution in [2.75, 3.05) is 25.1 Å². The lowest BCUT2D eigenvalue weighted by Crippen LogP contribution is -2.26. The van der Waals surface area contributed by atoms with Gasteiger partial charge in [-0.3, -0.25) is 4.79 Å². The predicted molar refractivity (Wildman–Crippen MR) is 142 cm³/mol. The smallest absolute Gasteiger partial charge is 0.262 e. The second kappa shape index (κ2) is 10.7. The van der Waals surface area contributed by atoms with Crippen molar-refractivity contribution in [1.29, 1.82) is 5.26 Å². The topological polar surface area (TPSA) is 109 Å². The van der Waals surface area contributed by atoms with E-state index in [1.165, 1.54) is 0 Å². The number of hydrogen-bond acceptors (Lipinski definition) is 6. The molecule has 2 aliphatic rings. The quantitative estimate of drug-likeness (QED) is 0.376. The van der Waals surface area contributed by atoms with Crippen LogP contribution < -0.4 is 14.8 Å².